The highest BCUT2D eigenvalue weighted by atomic mass is 14.1. The highest BCUT2D eigenvalue weighted by molar-refractivity contribution is 5.82. The number of hydrogen-bond acceptors (Lipinski definition) is 0. The van der Waals surface area contributed by atoms with Crippen LogP contribution < -0.4 is 0 Å². The largest absolute Gasteiger partial charge is 0.0696 e. The van der Waals surface area contributed by atoms with E-state index in [4.69, 9.17) is 0 Å². The van der Waals surface area contributed by atoms with Gasteiger partial charge in [0, 0.05) is 22.3 Å². The van der Waals surface area contributed by atoms with Gasteiger partial charge in [-0.15, -0.1) is 0 Å². The molecule has 0 atom stereocenters. The first-order chi connectivity index (χ1) is 10.8. The number of hydrogen-bond donors (Lipinski definition) is 0. The van der Waals surface area contributed by atoms with E-state index in [9.17, 15) is 0 Å². The van der Waals surface area contributed by atoms with Gasteiger partial charge in [0.15, 0.2) is 0 Å². The summed E-state index contributed by atoms with van der Waals surface area (Å²) in [5.74, 6) is 0. The smallest absolute Gasteiger partial charge is 0.0493 e. The molecule has 0 unspecified atom stereocenters. The first kappa shape index (κ1) is 14.1. The third kappa shape index (κ3) is 2.63. The van der Waals surface area contributed by atoms with Crippen molar-refractivity contribution >= 4 is 0 Å². The zero-order chi connectivity index (χ0) is 15.4. The molecule has 22 heavy (non-hydrogen) atoms. The van der Waals surface area contributed by atoms with Gasteiger partial charge in [-0.2, -0.15) is 0 Å². The molecule has 0 aromatic heterocycles. The summed E-state index contributed by atoms with van der Waals surface area (Å²) >= 11 is 0. The van der Waals surface area contributed by atoms with E-state index in [0.29, 0.717) is 0 Å². The van der Waals surface area contributed by atoms with Crippen molar-refractivity contribution in [2.45, 2.75) is 26.7 Å². The van der Waals surface area contributed by atoms with Crippen molar-refractivity contribution in [2.24, 2.45) is 0 Å². The lowest BCUT2D eigenvalue weighted by Crippen LogP contribution is -1.92. The normalized spacial score (nSPS) is 9.55. The van der Waals surface area contributed by atoms with E-state index in [1.807, 2.05) is 36.4 Å². The summed E-state index contributed by atoms with van der Waals surface area (Å²) in [7, 11) is 0. The monoisotopic (exact) mass is 280 g/mol. The molecule has 104 valence electrons. The second-order valence-corrected chi connectivity index (χ2v) is 5.29. The van der Waals surface area contributed by atoms with Gasteiger partial charge in [0.2, 0.25) is 0 Å². The second-order valence-electron chi connectivity index (χ2n) is 5.29. The topological polar surface area (TPSA) is 0 Å². The fourth-order valence-corrected chi connectivity index (χ4v) is 2.66. The fraction of sp³-hybridized carbons (Fsp3) is 0.182. The Hall–Kier alpha value is -2.88. The van der Waals surface area contributed by atoms with Gasteiger partial charge in [-0.25, -0.2) is 0 Å². The van der Waals surface area contributed by atoms with Crippen LogP contribution in [0.2, 0.25) is 0 Å². The number of rotatable bonds is 4. The first-order valence-corrected chi connectivity index (χ1v) is 7.54. The van der Waals surface area contributed by atoms with E-state index in [0.717, 1.165) is 35.1 Å². The number of aryl methyl sites for hydroxylation is 1. The minimum Gasteiger partial charge on any atom is -0.0696 e. The molecule has 0 spiro atoms. The molecule has 3 aromatic carbocycles. The molecule has 0 aliphatic carbocycles. The lowest BCUT2D eigenvalue weighted by molar-refractivity contribution is 0.914. The average molecular weight is 280 g/mol. The quantitative estimate of drug-likeness (QED) is 0.625. The molecule has 3 rings (SSSR count). The van der Waals surface area contributed by atoms with E-state index in [2.05, 4.69) is 50.2 Å². The van der Waals surface area contributed by atoms with Crippen LogP contribution in [0.15, 0.2) is 36.4 Å². The predicted molar refractivity (Wildman–Crippen MR) is 89.1 cm³/mol. The zero-order valence-corrected chi connectivity index (χ0v) is 12.9. The van der Waals surface area contributed by atoms with Crippen LogP contribution in [-0.4, -0.2) is 0 Å². The maximum atomic E-state index is 3.26. The van der Waals surface area contributed by atoms with Gasteiger partial charge in [0.25, 0.3) is 0 Å². The second kappa shape index (κ2) is 6.26. The zero-order valence-electron chi connectivity index (χ0n) is 12.9. The summed E-state index contributed by atoms with van der Waals surface area (Å²) in [4.78, 5) is 0. The summed E-state index contributed by atoms with van der Waals surface area (Å²) in [5, 5.41) is 0. The molecule has 0 aliphatic rings. The van der Waals surface area contributed by atoms with Crippen LogP contribution in [0.3, 0.4) is 0 Å². The molecule has 0 aliphatic heterocycles. The molecule has 0 saturated heterocycles. The van der Waals surface area contributed by atoms with Crippen molar-refractivity contribution in [2.75, 3.05) is 0 Å². The molecule has 3 aromatic rings. The van der Waals surface area contributed by atoms with Gasteiger partial charge in [-0.05, 0) is 54.8 Å². The summed E-state index contributed by atoms with van der Waals surface area (Å²) in [6.07, 6.45) is 2.18. The van der Waals surface area contributed by atoms with Crippen LogP contribution >= 0.6 is 0 Å². The molecule has 0 bridgehead atoms. The molecule has 0 fully saturated rings. The van der Waals surface area contributed by atoms with Gasteiger partial charge in [0.1, 0.15) is 0 Å². The fourth-order valence-electron chi connectivity index (χ4n) is 2.66. The Kier molecular flexibility index (Phi) is 4.01. The van der Waals surface area contributed by atoms with Crippen LogP contribution in [0.25, 0.3) is 22.3 Å². The summed E-state index contributed by atoms with van der Waals surface area (Å²) in [6.45, 7) is 4.34. The van der Waals surface area contributed by atoms with Crippen molar-refractivity contribution in [3.8, 4) is 22.3 Å². The van der Waals surface area contributed by atoms with E-state index in [1.165, 1.54) is 11.1 Å². The van der Waals surface area contributed by atoms with E-state index in [1.54, 1.807) is 0 Å². The molecule has 0 amide bonds. The molecule has 0 saturated carbocycles. The highest BCUT2D eigenvalue weighted by Crippen LogP contribution is 2.31. The van der Waals surface area contributed by atoms with Gasteiger partial charge < -0.3 is 0 Å². The maximum Gasteiger partial charge on any atom is 0.0493 e. The standard InChI is InChI=1S/C22H16/c1-3-10-18-13-9-16-20(17(18)2)22-15-8-7-14-21(22)19-11-5-4-6-12-19/h4-5,7,11,13-14H,3,10H2,1-2H3. The average Bonchev–Trinajstić information content (AvgIpc) is 2.58. The third-order valence-electron chi connectivity index (χ3n) is 3.81. The molecule has 0 heterocycles. The summed E-state index contributed by atoms with van der Waals surface area (Å²) in [6, 6.07) is 30.8. The predicted octanol–water partition coefficient (Wildman–Crippen LogP) is 5.08. The molecular weight excluding hydrogens is 264 g/mol. The van der Waals surface area contributed by atoms with Gasteiger partial charge in [-0.3, -0.25) is 0 Å². The van der Waals surface area contributed by atoms with Crippen molar-refractivity contribution in [1.29, 1.82) is 0 Å². The third-order valence-corrected chi connectivity index (χ3v) is 3.81. The SMILES string of the molecule is CCCc1cc#cc(-c2c#cccc2-c2c#cccc2)c1C. The Labute approximate surface area is 133 Å². The minimum atomic E-state index is 1.00. The van der Waals surface area contributed by atoms with Crippen molar-refractivity contribution in [1.82, 2.24) is 0 Å². The van der Waals surface area contributed by atoms with Gasteiger partial charge in [0.05, 0.1) is 0 Å². The Morgan fingerprint density at radius 1 is 0.909 bits per heavy atom. The minimum absolute atomic E-state index is 1.00. The molecular formula is C22H16. The van der Waals surface area contributed by atoms with Crippen LogP contribution in [0, 0.1) is 43.3 Å². The lowest BCUT2D eigenvalue weighted by atomic mass is 9.92. The van der Waals surface area contributed by atoms with E-state index < -0.39 is 0 Å². The Balaban J connectivity index is 2.16. The lowest BCUT2D eigenvalue weighted by Gasteiger charge is -2.10. The van der Waals surface area contributed by atoms with Crippen molar-refractivity contribution in [3.63, 3.8) is 0 Å². The van der Waals surface area contributed by atoms with E-state index in [-0.39, 0.29) is 0 Å². The van der Waals surface area contributed by atoms with Crippen LogP contribution in [-0.2, 0) is 6.42 Å². The maximum absolute atomic E-state index is 3.26. The van der Waals surface area contributed by atoms with Crippen molar-refractivity contribution in [3.05, 3.63) is 83.9 Å². The molecule has 0 nitrogen and oxygen atoms in total. The molecule has 0 heteroatoms. The Morgan fingerprint density at radius 2 is 1.73 bits per heavy atom. The summed E-state index contributed by atoms with van der Waals surface area (Å²) in [5.41, 5.74) is 6.72. The van der Waals surface area contributed by atoms with Gasteiger partial charge in [-0.1, -0.05) is 55.8 Å². The summed E-state index contributed by atoms with van der Waals surface area (Å²) < 4.78 is 0. The van der Waals surface area contributed by atoms with Crippen molar-refractivity contribution < 1.29 is 0 Å². The molecule has 0 N–H and O–H groups in total. The highest BCUT2D eigenvalue weighted by Gasteiger charge is 2.11. The van der Waals surface area contributed by atoms with Crippen LogP contribution in [0.1, 0.15) is 24.5 Å². The first-order valence-electron chi connectivity index (χ1n) is 7.54. The van der Waals surface area contributed by atoms with Gasteiger partial charge >= 0.3 is 0 Å². The Bertz CT molecular complexity index is 754. The van der Waals surface area contributed by atoms with Crippen LogP contribution in [0.5, 0.6) is 0 Å². The van der Waals surface area contributed by atoms with E-state index >= 15 is 0 Å². The Morgan fingerprint density at radius 3 is 2.50 bits per heavy atom. The molecule has 0 radical (unpaired) electrons. The van der Waals surface area contributed by atoms with Crippen LogP contribution in [0.4, 0.5) is 0 Å².